The number of aromatic nitrogens is 1. The Kier molecular flexibility index (Phi) is 6.06. The van der Waals surface area contributed by atoms with E-state index >= 15 is 0 Å². The van der Waals surface area contributed by atoms with Crippen LogP contribution in [-0.4, -0.2) is 24.5 Å². The number of furan rings is 1. The van der Waals surface area contributed by atoms with Crippen LogP contribution in [0.2, 0.25) is 0 Å². The molecule has 0 saturated heterocycles. The molecule has 5 rings (SSSR count). The van der Waals surface area contributed by atoms with E-state index < -0.39 is 5.63 Å². The summed E-state index contributed by atoms with van der Waals surface area (Å²) in [5.74, 6) is 1.48. The summed E-state index contributed by atoms with van der Waals surface area (Å²) >= 11 is 0. The van der Waals surface area contributed by atoms with Crippen LogP contribution in [-0.2, 0) is 17.6 Å². The van der Waals surface area contributed by atoms with Gasteiger partial charge in [-0.1, -0.05) is 24.3 Å². The zero-order valence-electron chi connectivity index (χ0n) is 19.5. The molecule has 3 aromatic heterocycles. The molecule has 0 unspecified atom stereocenters. The number of pyridine rings is 1. The van der Waals surface area contributed by atoms with Crippen LogP contribution in [0.1, 0.15) is 17.0 Å². The molecule has 7 heteroatoms. The number of aryl methyl sites for hydroxylation is 1. The molecular formula is C28H24N2O5. The molecule has 35 heavy (non-hydrogen) atoms. The minimum atomic E-state index is -0.517. The fraction of sp³-hybridized carbons (Fsp3) is 0.179. The maximum Gasteiger partial charge on any atom is 0.347 e. The van der Waals surface area contributed by atoms with Crippen molar-refractivity contribution < 1.29 is 18.4 Å². The van der Waals surface area contributed by atoms with E-state index in [1.165, 1.54) is 0 Å². The molecule has 0 aliphatic carbocycles. The monoisotopic (exact) mass is 468 g/mol. The van der Waals surface area contributed by atoms with Gasteiger partial charge in [0.25, 0.3) is 0 Å². The van der Waals surface area contributed by atoms with E-state index in [4.69, 9.17) is 13.6 Å². The first-order valence-electron chi connectivity index (χ1n) is 11.3. The predicted molar refractivity (Wildman–Crippen MR) is 134 cm³/mol. The first-order chi connectivity index (χ1) is 17.0. The molecule has 176 valence electrons. The Morgan fingerprint density at radius 2 is 1.86 bits per heavy atom. The minimum absolute atomic E-state index is 0.0149. The van der Waals surface area contributed by atoms with Crippen LogP contribution in [0.25, 0.3) is 33.1 Å². The van der Waals surface area contributed by atoms with Gasteiger partial charge in [-0.05, 0) is 48.0 Å². The van der Waals surface area contributed by atoms with Crippen molar-refractivity contribution in [2.24, 2.45) is 0 Å². The quantitative estimate of drug-likeness (QED) is 0.368. The Hall–Kier alpha value is -4.39. The normalized spacial score (nSPS) is 11.1. The van der Waals surface area contributed by atoms with Crippen LogP contribution in [0.3, 0.4) is 0 Å². The molecule has 0 atom stereocenters. The Bertz CT molecular complexity index is 1580. The number of fused-ring (bicyclic) bond motifs is 2. The van der Waals surface area contributed by atoms with Gasteiger partial charge in [-0.15, -0.1) is 0 Å². The third-order valence-electron chi connectivity index (χ3n) is 5.90. The molecule has 7 nitrogen and oxygen atoms in total. The summed E-state index contributed by atoms with van der Waals surface area (Å²) in [4.78, 5) is 29.9. The molecule has 1 amide bonds. The Morgan fingerprint density at radius 3 is 2.66 bits per heavy atom. The molecule has 2 aromatic carbocycles. The fourth-order valence-electron chi connectivity index (χ4n) is 4.21. The SMILES string of the molecule is COc1ccc2cc(-c3oc4cc(C)oc(=O)c4c3CC(=O)NCCc3ccccn3)ccc2c1. The van der Waals surface area contributed by atoms with Gasteiger partial charge >= 0.3 is 5.63 Å². The number of benzene rings is 2. The molecule has 0 spiro atoms. The van der Waals surface area contributed by atoms with Crippen LogP contribution in [0.4, 0.5) is 0 Å². The Balaban J connectivity index is 1.49. The molecule has 0 saturated carbocycles. The highest BCUT2D eigenvalue weighted by molar-refractivity contribution is 5.95. The van der Waals surface area contributed by atoms with Crippen molar-refractivity contribution in [2.45, 2.75) is 19.8 Å². The fourth-order valence-corrected chi connectivity index (χ4v) is 4.21. The summed E-state index contributed by atoms with van der Waals surface area (Å²) in [6.45, 7) is 2.13. The number of ether oxygens (including phenoxy) is 1. The molecule has 0 aliphatic heterocycles. The highest BCUT2D eigenvalue weighted by Gasteiger charge is 2.22. The zero-order chi connectivity index (χ0) is 24.4. The standard InChI is InChI=1S/C28H24N2O5/c1-17-13-24-26(28(32)34-17)23(16-25(31)30-12-10-21-5-3-4-11-29-21)27(35-24)20-7-6-19-15-22(33-2)9-8-18(19)14-20/h3-9,11,13-15H,10,12,16H2,1-2H3,(H,30,31). The highest BCUT2D eigenvalue weighted by Crippen LogP contribution is 2.35. The number of nitrogens with zero attached hydrogens (tertiary/aromatic N) is 1. The number of carbonyl (C=O) groups is 1. The van der Waals surface area contributed by atoms with Crippen molar-refractivity contribution in [3.8, 4) is 17.1 Å². The van der Waals surface area contributed by atoms with Gasteiger partial charge in [-0.2, -0.15) is 0 Å². The molecule has 3 heterocycles. The third kappa shape index (κ3) is 4.66. The maximum absolute atomic E-state index is 12.9. The molecule has 5 aromatic rings. The van der Waals surface area contributed by atoms with E-state index in [0.29, 0.717) is 41.0 Å². The summed E-state index contributed by atoms with van der Waals surface area (Å²) in [5.41, 5.74) is 2.06. The maximum atomic E-state index is 12.9. The van der Waals surface area contributed by atoms with E-state index in [9.17, 15) is 9.59 Å². The van der Waals surface area contributed by atoms with Crippen LogP contribution in [0, 0.1) is 6.92 Å². The lowest BCUT2D eigenvalue weighted by Gasteiger charge is -2.07. The minimum Gasteiger partial charge on any atom is -0.497 e. The Morgan fingerprint density at radius 1 is 1.03 bits per heavy atom. The lowest BCUT2D eigenvalue weighted by molar-refractivity contribution is -0.120. The third-order valence-corrected chi connectivity index (χ3v) is 5.90. The zero-order valence-corrected chi connectivity index (χ0v) is 19.5. The number of hydrogen-bond acceptors (Lipinski definition) is 6. The molecule has 1 N–H and O–H groups in total. The molecule has 0 aliphatic rings. The van der Waals surface area contributed by atoms with Gasteiger partial charge in [0.15, 0.2) is 0 Å². The van der Waals surface area contributed by atoms with Crippen molar-refractivity contribution >= 4 is 27.6 Å². The lowest BCUT2D eigenvalue weighted by Crippen LogP contribution is -2.27. The summed E-state index contributed by atoms with van der Waals surface area (Å²) < 4.78 is 16.8. The van der Waals surface area contributed by atoms with Gasteiger partial charge in [0.1, 0.15) is 28.2 Å². The van der Waals surface area contributed by atoms with Crippen LogP contribution in [0.5, 0.6) is 5.75 Å². The molecule has 0 fully saturated rings. The smallest absolute Gasteiger partial charge is 0.347 e. The first kappa shape index (κ1) is 22.4. The van der Waals surface area contributed by atoms with E-state index in [1.54, 1.807) is 26.3 Å². The summed E-state index contributed by atoms with van der Waals surface area (Å²) in [7, 11) is 1.63. The predicted octanol–water partition coefficient (Wildman–Crippen LogP) is 4.82. The number of methoxy groups -OCH3 is 1. The largest absolute Gasteiger partial charge is 0.497 e. The van der Waals surface area contributed by atoms with Gasteiger partial charge in [0.2, 0.25) is 5.91 Å². The second-order valence-corrected chi connectivity index (χ2v) is 8.32. The molecular weight excluding hydrogens is 444 g/mol. The van der Waals surface area contributed by atoms with Crippen molar-refractivity contribution in [3.63, 3.8) is 0 Å². The number of carbonyl (C=O) groups excluding carboxylic acids is 1. The summed E-state index contributed by atoms with van der Waals surface area (Å²) in [5, 5.41) is 5.20. The van der Waals surface area contributed by atoms with E-state index in [2.05, 4.69) is 10.3 Å². The first-order valence-corrected chi connectivity index (χ1v) is 11.3. The van der Waals surface area contributed by atoms with Gasteiger partial charge in [0.05, 0.1) is 13.5 Å². The van der Waals surface area contributed by atoms with Crippen molar-refractivity contribution in [1.82, 2.24) is 10.3 Å². The van der Waals surface area contributed by atoms with Crippen molar-refractivity contribution in [1.29, 1.82) is 0 Å². The van der Waals surface area contributed by atoms with E-state index in [0.717, 1.165) is 27.8 Å². The molecule has 0 bridgehead atoms. The average molecular weight is 469 g/mol. The van der Waals surface area contributed by atoms with Crippen LogP contribution < -0.4 is 15.7 Å². The van der Waals surface area contributed by atoms with E-state index in [1.807, 2.05) is 54.6 Å². The second kappa shape index (κ2) is 9.46. The summed E-state index contributed by atoms with van der Waals surface area (Å²) in [6, 6.07) is 19.0. The molecule has 0 radical (unpaired) electrons. The van der Waals surface area contributed by atoms with Crippen LogP contribution in [0.15, 0.2) is 80.5 Å². The van der Waals surface area contributed by atoms with E-state index in [-0.39, 0.29) is 12.3 Å². The Labute approximate surface area is 201 Å². The lowest BCUT2D eigenvalue weighted by atomic mass is 10.0. The summed E-state index contributed by atoms with van der Waals surface area (Å²) in [6.07, 6.45) is 2.32. The van der Waals surface area contributed by atoms with Crippen molar-refractivity contribution in [3.05, 3.63) is 94.3 Å². The number of rotatable bonds is 7. The number of hydrogen-bond donors (Lipinski definition) is 1. The second-order valence-electron chi connectivity index (χ2n) is 8.32. The van der Waals surface area contributed by atoms with Crippen LogP contribution >= 0.6 is 0 Å². The van der Waals surface area contributed by atoms with Gasteiger partial charge in [-0.25, -0.2) is 4.79 Å². The van der Waals surface area contributed by atoms with Gasteiger partial charge in [0, 0.05) is 42.0 Å². The number of amides is 1. The highest BCUT2D eigenvalue weighted by atomic mass is 16.5. The average Bonchev–Trinajstić information content (AvgIpc) is 3.22. The topological polar surface area (TPSA) is 94.6 Å². The van der Waals surface area contributed by atoms with Gasteiger partial charge in [-0.3, -0.25) is 9.78 Å². The van der Waals surface area contributed by atoms with Gasteiger partial charge < -0.3 is 18.9 Å². The number of nitrogens with one attached hydrogen (secondary N) is 1. The van der Waals surface area contributed by atoms with Crippen molar-refractivity contribution in [2.75, 3.05) is 13.7 Å².